The smallest absolute Gasteiger partial charge is 0.247 e. The molecule has 2 aliphatic carbocycles. The predicted octanol–water partition coefficient (Wildman–Crippen LogP) is 1.55. The number of hydrogen-bond acceptors (Lipinski definition) is 11. The number of nitrogens with one attached hydrogen (secondary N) is 1. The molecule has 0 aromatic heterocycles. The average molecular weight is 669 g/mol. The van der Waals surface area contributed by atoms with Crippen LogP contribution in [0.3, 0.4) is 0 Å². The van der Waals surface area contributed by atoms with Crippen molar-refractivity contribution in [2.45, 2.75) is 68.2 Å². The fraction of sp³-hybridized carbons (Fsp3) is 0.452. The number of carbonyl (C=O) groups is 1. The first-order chi connectivity index (χ1) is 21.4. The Morgan fingerprint density at radius 2 is 1.67 bits per heavy atom. The van der Waals surface area contributed by atoms with Gasteiger partial charge >= 0.3 is 0 Å². The summed E-state index contributed by atoms with van der Waals surface area (Å²) in [6.45, 7) is 1.54. The average Bonchev–Trinajstić information content (AvgIpc) is 3.60. The third-order valence-corrected chi connectivity index (χ3v) is 8.72. The van der Waals surface area contributed by atoms with Gasteiger partial charge in [0.1, 0.15) is 61.9 Å². The van der Waals surface area contributed by atoms with Crippen molar-refractivity contribution < 1.29 is 54.4 Å². The summed E-state index contributed by atoms with van der Waals surface area (Å²) in [7, 11) is 0. The summed E-state index contributed by atoms with van der Waals surface area (Å²) < 4.78 is 22.0. The number of phenols is 1. The summed E-state index contributed by atoms with van der Waals surface area (Å²) in [4.78, 5) is 12.9. The number of benzene rings is 2. The zero-order valence-corrected chi connectivity index (χ0v) is 25.6. The minimum absolute atomic E-state index is 0.0756. The van der Waals surface area contributed by atoms with Gasteiger partial charge in [0, 0.05) is 16.5 Å². The number of phenolic OH excluding ortho intramolecular Hbond substituents is 1. The largest absolute Gasteiger partial charge is 0.504 e. The van der Waals surface area contributed by atoms with E-state index in [2.05, 4.69) is 5.32 Å². The summed E-state index contributed by atoms with van der Waals surface area (Å²) in [5, 5.41) is 66.5. The summed E-state index contributed by atoms with van der Waals surface area (Å²) in [6, 6.07) is 8.09. The SMILES string of the molecule is CC(=Cc1ccc(O[C@@H]2C[C@@H](C=CCOc3ccc(Cl)cc3Cl)[C@@H](O)[C@@H]2O)c(O)c1)C(=O)N[C@@H]1[C@H](O)[C@@H](O)[C@H]2OCO[C@H]2[C@@H]1O. The first kappa shape index (κ1) is 33.5. The normalized spacial score (nSPS) is 33.3. The Balaban J connectivity index is 1.16. The molecule has 2 saturated carbocycles. The van der Waals surface area contributed by atoms with E-state index in [0.717, 1.165) is 0 Å². The molecule has 0 bridgehead atoms. The highest BCUT2D eigenvalue weighted by atomic mass is 35.5. The molecule has 1 aliphatic heterocycles. The van der Waals surface area contributed by atoms with E-state index >= 15 is 0 Å². The van der Waals surface area contributed by atoms with Crippen molar-refractivity contribution in [2.75, 3.05) is 13.4 Å². The van der Waals surface area contributed by atoms with Crippen LogP contribution in [-0.4, -0.2) is 105 Å². The lowest BCUT2D eigenvalue weighted by atomic mass is 9.83. The van der Waals surface area contributed by atoms with Crippen LogP contribution in [0.5, 0.6) is 17.2 Å². The lowest BCUT2D eigenvalue weighted by Gasteiger charge is -2.41. The Hall–Kier alpha value is -2.91. The minimum Gasteiger partial charge on any atom is -0.504 e. The van der Waals surface area contributed by atoms with E-state index in [0.29, 0.717) is 21.4 Å². The van der Waals surface area contributed by atoms with Gasteiger partial charge < -0.3 is 54.9 Å². The Morgan fingerprint density at radius 1 is 0.956 bits per heavy atom. The Kier molecular flexibility index (Phi) is 10.6. The maximum atomic E-state index is 12.9. The van der Waals surface area contributed by atoms with Crippen molar-refractivity contribution in [2.24, 2.45) is 5.92 Å². The second kappa shape index (κ2) is 14.2. The van der Waals surface area contributed by atoms with Gasteiger partial charge in [-0.3, -0.25) is 4.79 Å². The second-order valence-corrected chi connectivity index (χ2v) is 12.1. The number of aliphatic hydroxyl groups excluding tert-OH is 5. The maximum absolute atomic E-state index is 12.9. The van der Waals surface area contributed by atoms with Gasteiger partial charge in [-0.05, 0) is 55.3 Å². The highest BCUT2D eigenvalue weighted by Gasteiger charge is 2.53. The first-order valence-corrected chi connectivity index (χ1v) is 15.1. The molecule has 1 amide bonds. The number of aromatic hydroxyl groups is 1. The molecular formula is C31H35Cl2NO11. The van der Waals surface area contributed by atoms with Crippen LogP contribution < -0.4 is 14.8 Å². The monoisotopic (exact) mass is 667 g/mol. The number of rotatable bonds is 9. The third kappa shape index (κ3) is 7.40. The maximum Gasteiger partial charge on any atom is 0.247 e. The molecule has 0 spiro atoms. The topological polar surface area (TPSA) is 187 Å². The minimum atomic E-state index is -1.48. The van der Waals surface area contributed by atoms with Crippen LogP contribution in [0.25, 0.3) is 6.08 Å². The molecule has 5 rings (SSSR count). The van der Waals surface area contributed by atoms with Gasteiger partial charge in [0.15, 0.2) is 11.5 Å². The molecule has 244 valence electrons. The van der Waals surface area contributed by atoms with Crippen molar-refractivity contribution >= 4 is 35.2 Å². The van der Waals surface area contributed by atoms with Crippen LogP contribution in [0.4, 0.5) is 0 Å². The van der Waals surface area contributed by atoms with Gasteiger partial charge in [0.25, 0.3) is 0 Å². The van der Waals surface area contributed by atoms with Gasteiger partial charge in [-0.1, -0.05) is 41.4 Å². The molecule has 7 N–H and O–H groups in total. The highest BCUT2D eigenvalue weighted by Crippen LogP contribution is 2.36. The summed E-state index contributed by atoms with van der Waals surface area (Å²) in [6.07, 6.45) is -3.90. The van der Waals surface area contributed by atoms with Crippen molar-refractivity contribution in [3.05, 3.63) is 69.7 Å². The zero-order valence-electron chi connectivity index (χ0n) is 24.1. The molecule has 1 saturated heterocycles. The molecule has 10 atom stereocenters. The van der Waals surface area contributed by atoms with Gasteiger partial charge in [0.2, 0.25) is 5.91 Å². The van der Waals surface area contributed by atoms with E-state index in [9.17, 15) is 35.4 Å². The number of amides is 1. The van der Waals surface area contributed by atoms with E-state index in [1.807, 2.05) is 0 Å². The van der Waals surface area contributed by atoms with Crippen molar-refractivity contribution in [3.8, 4) is 17.2 Å². The zero-order chi connectivity index (χ0) is 32.4. The fourth-order valence-corrected chi connectivity index (χ4v) is 6.18. The van der Waals surface area contributed by atoms with Crippen LogP contribution in [-0.2, 0) is 14.3 Å². The Labute approximate surface area is 269 Å². The van der Waals surface area contributed by atoms with Gasteiger partial charge in [-0.25, -0.2) is 0 Å². The summed E-state index contributed by atoms with van der Waals surface area (Å²) in [5.74, 6) is -0.770. The second-order valence-electron chi connectivity index (χ2n) is 11.3. The predicted molar refractivity (Wildman–Crippen MR) is 162 cm³/mol. The van der Waals surface area contributed by atoms with Crippen molar-refractivity contribution in [1.29, 1.82) is 0 Å². The number of aliphatic hydroxyl groups is 5. The summed E-state index contributed by atoms with van der Waals surface area (Å²) >= 11 is 12.0. The van der Waals surface area contributed by atoms with E-state index in [-0.39, 0.29) is 36.9 Å². The lowest BCUT2D eigenvalue weighted by molar-refractivity contribution is -0.155. The number of halogens is 2. The quantitative estimate of drug-likeness (QED) is 0.152. The van der Waals surface area contributed by atoms with Crippen molar-refractivity contribution in [3.63, 3.8) is 0 Å². The van der Waals surface area contributed by atoms with Crippen LogP contribution in [0.15, 0.2) is 54.1 Å². The number of ether oxygens (including phenoxy) is 4. The molecule has 0 radical (unpaired) electrons. The molecule has 3 fully saturated rings. The van der Waals surface area contributed by atoms with E-state index in [4.69, 9.17) is 42.1 Å². The number of hydrogen-bond donors (Lipinski definition) is 7. The number of carbonyl (C=O) groups excluding carboxylic acids is 1. The van der Waals surface area contributed by atoms with Crippen molar-refractivity contribution in [1.82, 2.24) is 5.32 Å². The first-order valence-electron chi connectivity index (χ1n) is 14.3. The molecule has 14 heteroatoms. The molecule has 2 aromatic rings. The highest BCUT2D eigenvalue weighted by molar-refractivity contribution is 6.35. The molecule has 1 heterocycles. The van der Waals surface area contributed by atoms with Crippen LogP contribution >= 0.6 is 23.2 Å². The third-order valence-electron chi connectivity index (χ3n) is 8.19. The number of fused-ring (bicyclic) bond motifs is 1. The molecule has 45 heavy (non-hydrogen) atoms. The molecule has 0 unspecified atom stereocenters. The van der Waals surface area contributed by atoms with Crippen LogP contribution in [0.2, 0.25) is 10.0 Å². The lowest BCUT2D eigenvalue weighted by Crippen LogP contribution is -2.67. The van der Waals surface area contributed by atoms with E-state index < -0.39 is 66.7 Å². The molecule has 2 aromatic carbocycles. The summed E-state index contributed by atoms with van der Waals surface area (Å²) in [5.41, 5.74) is 0.632. The fourth-order valence-electron chi connectivity index (χ4n) is 5.71. The van der Waals surface area contributed by atoms with E-state index in [1.54, 1.807) is 36.4 Å². The molecule has 12 nitrogen and oxygen atoms in total. The molecular weight excluding hydrogens is 633 g/mol. The standard InChI is InChI=1S/C31H35Cl2NO11/c1-14(31(41)34-23-26(38)28(40)30-29(27(23)39)43-13-44-30)9-15-4-6-21(19(35)10-15)45-22-11-16(24(36)25(22)37)3-2-8-42-20-7-5-17(32)12-18(20)33/h2-7,9-10,12,16,22-30,35-40H,8,11,13H2,1H3,(H,34,41)/t16-,22-,23-,24-,25-,26+,27-,28-,29+,30-/m1/s1. The Bertz CT molecular complexity index is 1440. The van der Waals surface area contributed by atoms with Gasteiger partial charge in [0.05, 0.1) is 17.2 Å². The van der Waals surface area contributed by atoms with Crippen LogP contribution in [0.1, 0.15) is 18.9 Å². The van der Waals surface area contributed by atoms with Crippen LogP contribution in [0, 0.1) is 5.92 Å². The Morgan fingerprint density at radius 3 is 2.38 bits per heavy atom. The van der Waals surface area contributed by atoms with Gasteiger partial charge in [-0.15, -0.1) is 0 Å². The van der Waals surface area contributed by atoms with E-state index in [1.165, 1.54) is 25.1 Å². The van der Waals surface area contributed by atoms with Gasteiger partial charge in [-0.2, -0.15) is 0 Å². The molecule has 3 aliphatic rings.